The minimum atomic E-state index is 0.426. The van der Waals surface area contributed by atoms with Gasteiger partial charge in [0.05, 0.1) is 12.4 Å². The molecule has 0 aliphatic carbocycles. The molecule has 0 spiro atoms. The molecule has 0 aromatic carbocycles. The Morgan fingerprint density at radius 2 is 2.23 bits per heavy atom. The van der Waals surface area contributed by atoms with Crippen LogP contribution in [-0.4, -0.2) is 16.5 Å². The fourth-order valence-electron chi connectivity index (χ4n) is 0.916. The van der Waals surface area contributed by atoms with Crippen molar-refractivity contribution in [1.29, 1.82) is 0 Å². The number of hydrogen-bond donors (Lipinski definition) is 1. The summed E-state index contributed by atoms with van der Waals surface area (Å²) < 4.78 is 0. The molecule has 1 rings (SSSR count). The van der Waals surface area contributed by atoms with Crippen LogP contribution in [0.4, 0.5) is 5.82 Å². The maximum absolute atomic E-state index is 5.67. The average Bonchev–Trinajstić information content (AvgIpc) is 2.03. The normalized spacial score (nSPS) is 10.5. The first-order chi connectivity index (χ1) is 6.18. The molecule has 3 nitrogen and oxygen atoms in total. The van der Waals surface area contributed by atoms with Crippen LogP contribution in [0.15, 0.2) is 12.4 Å². The molecule has 1 aromatic heterocycles. The fourth-order valence-corrected chi connectivity index (χ4v) is 1.06. The van der Waals surface area contributed by atoms with Crippen molar-refractivity contribution in [2.75, 3.05) is 11.9 Å². The average molecular weight is 200 g/mol. The summed E-state index contributed by atoms with van der Waals surface area (Å²) in [5.41, 5.74) is 0. The highest BCUT2D eigenvalue weighted by Crippen LogP contribution is 2.07. The Morgan fingerprint density at radius 1 is 1.46 bits per heavy atom. The first kappa shape index (κ1) is 10.3. The van der Waals surface area contributed by atoms with E-state index >= 15 is 0 Å². The Morgan fingerprint density at radius 3 is 2.85 bits per heavy atom. The lowest BCUT2D eigenvalue weighted by Gasteiger charge is -2.06. The smallest absolute Gasteiger partial charge is 0.149 e. The molecule has 13 heavy (non-hydrogen) atoms. The zero-order chi connectivity index (χ0) is 9.68. The number of nitrogens with zero attached hydrogens (tertiary/aromatic N) is 2. The molecular formula is C9H14ClN3. The van der Waals surface area contributed by atoms with E-state index in [1.165, 1.54) is 6.20 Å². The van der Waals surface area contributed by atoms with Gasteiger partial charge in [-0.2, -0.15) is 0 Å². The number of hydrogen-bond acceptors (Lipinski definition) is 3. The number of aromatic nitrogens is 2. The predicted molar refractivity (Wildman–Crippen MR) is 55.0 cm³/mol. The van der Waals surface area contributed by atoms with E-state index in [1.807, 2.05) is 0 Å². The molecule has 4 heteroatoms. The maximum atomic E-state index is 5.67. The summed E-state index contributed by atoms with van der Waals surface area (Å²) in [6.07, 6.45) is 4.32. The molecule has 72 valence electrons. The third-order valence-electron chi connectivity index (χ3n) is 1.63. The van der Waals surface area contributed by atoms with E-state index < -0.39 is 0 Å². The molecule has 0 amide bonds. The van der Waals surface area contributed by atoms with Crippen molar-refractivity contribution in [2.24, 2.45) is 5.92 Å². The van der Waals surface area contributed by atoms with Gasteiger partial charge in [-0.05, 0) is 12.3 Å². The van der Waals surface area contributed by atoms with Crippen LogP contribution in [0.3, 0.4) is 0 Å². The molecule has 0 bridgehead atoms. The summed E-state index contributed by atoms with van der Waals surface area (Å²) >= 11 is 5.67. The second-order valence-corrected chi connectivity index (χ2v) is 3.72. The molecule has 0 aliphatic heterocycles. The SMILES string of the molecule is CC(C)CCNc1cncc(Cl)n1. The number of nitrogens with one attached hydrogen (secondary N) is 1. The second kappa shape index (κ2) is 5.02. The Kier molecular flexibility index (Phi) is 3.96. The van der Waals surface area contributed by atoms with E-state index in [-0.39, 0.29) is 0 Å². The molecule has 1 N–H and O–H groups in total. The topological polar surface area (TPSA) is 37.8 Å². The zero-order valence-corrected chi connectivity index (χ0v) is 8.67. The van der Waals surface area contributed by atoms with Crippen molar-refractivity contribution in [3.63, 3.8) is 0 Å². The van der Waals surface area contributed by atoms with Gasteiger partial charge in [0.2, 0.25) is 0 Å². The number of anilines is 1. The number of halogens is 1. The van der Waals surface area contributed by atoms with Gasteiger partial charge in [0.1, 0.15) is 11.0 Å². The highest BCUT2D eigenvalue weighted by atomic mass is 35.5. The lowest BCUT2D eigenvalue weighted by Crippen LogP contribution is -2.06. The van der Waals surface area contributed by atoms with E-state index in [4.69, 9.17) is 11.6 Å². The molecule has 0 fully saturated rings. The van der Waals surface area contributed by atoms with Gasteiger partial charge in [-0.15, -0.1) is 0 Å². The van der Waals surface area contributed by atoms with Crippen LogP contribution in [-0.2, 0) is 0 Å². The number of rotatable bonds is 4. The van der Waals surface area contributed by atoms with Gasteiger partial charge in [-0.25, -0.2) is 4.98 Å². The van der Waals surface area contributed by atoms with Crippen molar-refractivity contribution in [3.8, 4) is 0 Å². The zero-order valence-electron chi connectivity index (χ0n) is 7.92. The highest BCUT2D eigenvalue weighted by molar-refractivity contribution is 6.29. The first-order valence-corrected chi connectivity index (χ1v) is 4.77. The van der Waals surface area contributed by atoms with Crippen LogP contribution in [0.1, 0.15) is 20.3 Å². The van der Waals surface area contributed by atoms with Crippen molar-refractivity contribution >= 4 is 17.4 Å². The van der Waals surface area contributed by atoms with Crippen molar-refractivity contribution < 1.29 is 0 Å². The van der Waals surface area contributed by atoms with Crippen LogP contribution in [0, 0.1) is 5.92 Å². The van der Waals surface area contributed by atoms with Gasteiger partial charge >= 0.3 is 0 Å². The molecule has 0 aliphatic rings. The van der Waals surface area contributed by atoms with E-state index in [2.05, 4.69) is 29.1 Å². The van der Waals surface area contributed by atoms with E-state index in [0.29, 0.717) is 11.1 Å². The molecule has 0 atom stereocenters. The summed E-state index contributed by atoms with van der Waals surface area (Å²) in [4.78, 5) is 7.99. The fraction of sp³-hybridized carbons (Fsp3) is 0.556. The Labute approximate surface area is 83.5 Å². The highest BCUT2D eigenvalue weighted by Gasteiger charge is 1.96. The van der Waals surface area contributed by atoms with Crippen LogP contribution in [0.25, 0.3) is 0 Å². The van der Waals surface area contributed by atoms with Crippen LogP contribution >= 0.6 is 11.6 Å². The first-order valence-electron chi connectivity index (χ1n) is 4.40. The maximum Gasteiger partial charge on any atom is 0.149 e. The van der Waals surface area contributed by atoms with Crippen molar-refractivity contribution in [1.82, 2.24) is 9.97 Å². The molecule has 0 unspecified atom stereocenters. The largest absolute Gasteiger partial charge is 0.369 e. The monoisotopic (exact) mass is 199 g/mol. The van der Waals surface area contributed by atoms with Gasteiger partial charge in [0.15, 0.2) is 0 Å². The van der Waals surface area contributed by atoms with Gasteiger partial charge in [0, 0.05) is 6.54 Å². The van der Waals surface area contributed by atoms with Crippen LogP contribution in [0.5, 0.6) is 0 Å². The molecule has 1 aromatic rings. The lowest BCUT2D eigenvalue weighted by atomic mass is 10.1. The molecule has 0 radical (unpaired) electrons. The summed E-state index contributed by atoms with van der Waals surface area (Å²) in [5.74, 6) is 1.44. The lowest BCUT2D eigenvalue weighted by molar-refractivity contribution is 0.606. The van der Waals surface area contributed by atoms with E-state index in [9.17, 15) is 0 Å². The van der Waals surface area contributed by atoms with Crippen LogP contribution in [0.2, 0.25) is 5.15 Å². The molecular weight excluding hydrogens is 186 g/mol. The van der Waals surface area contributed by atoms with Gasteiger partial charge in [-0.3, -0.25) is 4.98 Å². The van der Waals surface area contributed by atoms with Gasteiger partial charge in [-0.1, -0.05) is 25.4 Å². The Balaban J connectivity index is 2.37. The minimum Gasteiger partial charge on any atom is -0.369 e. The van der Waals surface area contributed by atoms with Crippen molar-refractivity contribution in [2.45, 2.75) is 20.3 Å². The summed E-state index contributed by atoms with van der Waals surface area (Å²) in [6.45, 7) is 5.28. The minimum absolute atomic E-state index is 0.426. The van der Waals surface area contributed by atoms with Crippen LogP contribution < -0.4 is 5.32 Å². The Hall–Kier alpha value is -0.830. The summed E-state index contributed by atoms with van der Waals surface area (Å²) in [7, 11) is 0. The second-order valence-electron chi connectivity index (χ2n) is 3.34. The summed E-state index contributed by atoms with van der Waals surface area (Å²) in [5, 5.41) is 3.58. The third kappa shape index (κ3) is 4.08. The van der Waals surface area contributed by atoms with Gasteiger partial charge < -0.3 is 5.32 Å². The predicted octanol–water partition coefficient (Wildman–Crippen LogP) is 2.59. The summed E-state index contributed by atoms with van der Waals surface area (Å²) in [6, 6.07) is 0. The quantitative estimate of drug-likeness (QED) is 0.810. The molecule has 0 saturated carbocycles. The Bertz CT molecular complexity index is 263. The van der Waals surface area contributed by atoms with E-state index in [0.717, 1.165) is 18.8 Å². The van der Waals surface area contributed by atoms with Gasteiger partial charge in [0.25, 0.3) is 0 Å². The standard InChI is InChI=1S/C9H14ClN3/c1-7(2)3-4-12-9-6-11-5-8(10)13-9/h5-7H,3-4H2,1-2H3,(H,12,13). The molecule has 0 saturated heterocycles. The van der Waals surface area contributed by atoms with Crippen molar-refractivity contribution in [3.05, 3.63) is 17.5 Å². The molecule has 1 heterocycles. The van der Waals surface area contributed by atoms with E-state index in [1.54, 1.807) is 6.20 Å². The third-order valence-corrected chi connectivity index (χ3v) is 1.82.